The summed E-state index contributed by atoms with van der Waals surface area (Å²) in [5.41, 5.74) is 2.21. The first kappa shape index (κ1) is 39.2. The minimum Gasteiger partial charge on any atom is -0.485 e. The molecule has 7 rings (SSSR count). The van der Waals surface area contributed by atoms with Crippen LogP contribution in [0.1, 0.15) is 45.7 Å². The Balaban J connectivity index is 1.03. The zero-order chi connectivity index (χ0) is 40.4. The molecule has 4 aromatic carbocycles. The summed E-state index contributed by atoms with van der Waals surface area (Å²) in [6.45, 7) is 4.84. The average Bonchev–Trinajstić information content (AvgIpc) is 3.43. The van der Waals surface area contributed by atoms with E-state index in [4.69, 9.17) is 25.8 Å². The highest BCUT2D eigenvalue weighted by Crippen LogP contribution is 2.48. The van der Waals surface area contributed by atoms with Crippen LogP contribution in [-0.4, -0.2) is 81.4 Å². The van der Waals surface area contributed by atoms with Crippen LogP contribution < -0.4 is 14.8 Å². The van der Waals surface area contributed by atoms with Gasteiger partial charge in [0.2, 0.25) is 5.91 Å². The summed E-state index contributed by atoms with van der Waals surface area (Å²) in [6, 6.07) is 26.2. The van der Waals surface area contributed by atoms with E-state index in [1.165, 1.54) is 24.0 Å². The summed E-state index contributed by atoms with van der Waals surface area (Å²) >= 11 is 6.85. The number of benzene rings is 4. The summed E-state index contributed by atoms with van der Waals surface area (Å²) in [7, 11) is 0. The monoisotopic (exact) mass is 794 g/mol. The van der Waals surface area contributed by atoms with Gasteiger partial charge in [-0.3, -0.25) is 24.6 Å². The van der Waals surface area contributed by atoms with Crippen molar-refractivity contribution in [3.05, 3.63) is 146 Å². The lowest BCUT2D eigenvalue weighted by Crippen LogP contribution is -2.63. The number of nitro benzene ring substituents is 1. The van der Waals surface area contributed by atoms with Crippen LogP contribution in [0.25, 0.3) is 0 Å². The lowest BCUT2D eigenvalue weighted by molar-refractivity contribution is -0.384. The van der Waals surface area contributed by atoms with Crippen molar-refractivity contribution in [2.24, 2.45) is 11.8 Å². The van der Waals surface area contributed by atoms with Crippen LogP contribution in [0.4, 0.5) is 5.69 Å². The number of fused-ring (bicyclic) bond motifs is 1. The highest BCUT2D eigenvalue weighted by atomic mass is 35.5. The Kier molecular flexibility index (Phi) is 11.4. The van der Waals surface area contributed by atoms with Crippen molar-refractivity contribution in [1.29, 1.82) is 0 Å². The number of aliphatic hydroxyl groups excluding tert-OH is 1. The number of carbonyl (C=O) groups is 4. The smallest absolute Gasteiger partial charge is 0.362 e. The van der Waals surface area contributed by atoms with Crippen LogP contribution in [0.15, 0.2) is 108 Å². The number of hydrogen-bond donors (Lipinski definition) is 2. The number of ether oxygens (including phenoxy) is 3. The third-order valence-corrected chi connectivity index (χ3v) is 10.8. The fraction of sp³-hybridized carbons (Fsp3) is 0.286. The number of hydrogen-bond acceptors (Lipinski definition) is 11. The molecule has 0 radical (unpaired) electrons. The molecule has 14 nitrogen and oxygen atoms in total. The predicted octanol–water partition coefficient (Wildman–Crippen LogP) is 5.32. The Bertz CT molecular complexity index is 2230. The first-order valence-corrected chi connectivity index (χ1v) is 18.7. The molecule has 2 N–H and O–H groups in total. The topological polar surface area (TPSA) is 178 Å². The quantitative estimate of drug-likeness (QED) is 0.0556. The minimum absolute atomic E-state index is 0.0680. The lowest BCUT2D eigenvalue weighted by atomic mass is 9.77. The number of halogens is 1. The molecule has 2 fully saturated rings. The SMILES string of the molecule is C[C@@H](O)[C@H]1C(=O)N2C(C(=O)OC(=O)c3ccc([N+](=O)[O-])cc3)=C(CN3CC(NC(=O)c4ccc(OCc5ccccc5)c(OCc5ccccc5)c4Cl)C3)[C@H](C)[C@H]12. The Hall–Kier alpha value is -6.09. The van der Waals surface area contributed by atoms with Crippen molar-refractivity contribution in [1.82, 2.24) is 15.1 Å². The number of rotatable bonds is 14. The van der Waals surface area contributed by atoms with Gasteiger partial charge in [-0.2, -0.15) is 0 Å². The maximum Gasteiger partial charge on any atom is 0.362 e. The molecule has 4 atom stereocenters. The zero-order valence-electron chi connectivity index (χ0n) is 31.0. The van der Waals surface area contributed by atoms with Crippen molar-refractivity contribution in [2.75, 3.05) is 19.6 Å². The lowest BCUT2D eigenvalue weighted by Gasteiger charge is -2.46. The second-order valence-electron chi connectivity index (χ2n) is 14.3. The van der Waals surface area contributed by atoms with Crippen LogP contribution in [-0.2, 0) is 27.5 Å². The van der Waals surface area contributed by atoms with E-state index in [9.17, 15) is 34.4 Å². The molecule has 57 heavy (non-hydrogen) atoms. The van der Waals surface area contributed by atoms with Gasteiger partial charge in [-0.1, -0.05) is 79.2 Å². The molecular formula is C42H39ClN4O10. The van der Waals surface area contributed by atoms with E-state index in [1.54, 1.807) is 12.1 Å². The number of esters is 2. The molecule has 0 aliphatic carbocycles. The number of carbonyl (C=O) groups excluding carboxylic acids is 4. The van der Waals surface area contributed by atoms with Gasteiger partial charge >= 0.3 is 11.9 Å². The highest BCUT2D eigenvalue weighted by molar-refractivity contribution is 6.35. The Morgan fingerprint density at radius 2 is 1.53 bits per heavy atom. The minimum atomic E-state index is -1.04. The molecule has 0 unspecified atom stereocenters. The third-order valence-electron chi connectivity index (χ3n) is 10.5. The summed E-state index contributed by atoms with van der Waals surface area (Å²) in [4.78, 5) is 67.0. The summed E-state index contributed by atoms with van der Waals surface area (Å²) < 4.78 is 17.4. The van der Waals surface area contributed by atoms with Crippen LogP contribution in [0.2, 0.25) is 5.02 Å². The molecule has 2 saturated heterocycles. The van der Waals surface area contributed by atoms with E-state index >= 15 is 0 Å². The standard InChI is InChI=1S/C42H39ClN4O10/c1-24-32(37(46-36(24)34(25(2)48)40(46)50)42(52)57-41(51)28-13-15-30(16-14-28)47(53)54)21-45-19-29(20-45)44-39(49)31-17-18-33(55-22-26-9-5-3-6-10-26)38(35(31)43)56-23-27-11-7-4-8-12-27/h3-18,24-25,29,34,36,48H,19-23H2,1-2H3,(H,44,49)/t24-,25+,34+,36+/m0/s1. The van der Waals surface area contributed by atoms with E-state index < -0.39 is 46.7 Å². The molecule has 0 spiro atoms. The third kappa shape index (κ3) is 8.10. The Labute approximate surface area is 332 Å². The van der Waals surface area contributed by atoms with Crippen LogP contribution in [0.5, 0.6) is 11.5 Å². The number of nitrogens with one attached hydrogen (secondary N) is 1. The normalized spacial score (nSPS) is 19.5. The number of non-ortho nitro benzene ring substituents is 1. The molecule has 0 saturated carbocycles. The van der Waals surface area contributed by atoms with E-state index in [2.05, 4.69) is 5.32 Å². The number of amides is 2. The molecule has 294 valence electrons. The van der Waals surface area contributed by atoms with Gasteiger partial charge in [-0.15, -0.1) is 0 Å². The molecule has 0 bridgehead atoms. The van der Waals surface area contributed by atoms with Gasteiger partial charge in [0.25, 0.3) is 11.6 Å². The second kappa shape index (κ2) is 16.6. The maximum atomic E-state index is 13.6. The molecule has 15 heteroatoms. The molecule has 2 amide bonds. The molecule has 0 aromatic heterocycles. The van der Waals surface area contributed by atoms with E-state index in [0.29, 0.717) is 24.4 Å². The second-order valence-corrected chi connectivity index (χ2v) is 14.7. The van der Waals surface area contributed by atoms with Crippen LogP contribution >= 0.6 is 11.6 Å². The number of likely N-dealkylation sites (tertiary alicyclic amines) is 1. The average molecular weight is 795 g/mol. The summed E-state index contributed by atoms with van der Waals surface area (Å²) in [5.74, 6) is -3.42. The number of nitrogens with zero attached hydrogens (tertiary/aromatic N) is 3. The van der Waals surface area contributed by atoms with Gasteiger partial charge in [0.15, 0.2) is 11.5 Å². The Morgan fingerprint density at radius 1 is 0.912 bits per heavy atom. The largest absolute Gasteiger partial charge is 0.485 e. The van der Waals surface area contributed by atoms with Crippen molar-refractivity contribution >= 4 is 41.0 Å². The fourth-order valence-electron chi connectivity index (χ4n) is 7.47. The van der Waals surface area contributed by atoms with E-state index in [0.717, 1.165) is 23.3 Å². The fourth-order valence-corrected chi connectivity index (χ4v) is 7.77. The van der Waals surface area contributed by atoms with Gasteiger partial charge in [-0.05, 0) is 47.9 Å². The molecule has 3 aliphatic heterocycles. The molecule has 4 aromatic rings. The highest BCUT2D eigenvalue weighted by Gasteiger charge is 2.60. The van der Waals surface area contributed by atoms with Gasteiger partial charge < -0.3 is 29.5 Å². The van der Waals surface area contributed by atoms with Crippen LogP contribution in [0, 0.1) is 22.0 Å². The van der Waals surface area contributed by atoms with Crippen LogP contribution in [0.3, 0.4) is 0 Å². The zero-order valence-corrected chi connectivity index (χ0v) is 31.8. The van der Waals surface area contributed by atoms with Gasteiger partial charge in [-0.25, -0.2) is 9.59 Å². The van der Waals surface area contributed by atoms with Crippen molar-refractivity contribution in [3.8, 4) is 11.5 Å². The summed E-state index contributed by atoms with van der Waals surface area (Å²) in [5, 5.41) is 24.5. The van der Waals surface area contributed by atoms with Gasteiger partial charge in [0.1, 0.15) is 18.9 Å². The predicted molar refractivity (Wildman–Crippen MR) is 206 cm³/mol. The summed E-state index contributed by atoms with van der Waals surface area (Å²) in [6.07, 6.45) is -0.969. The van der Waals surface area contributed by atoms with Gasteiger partial charge in [0, 0.05) is 37.7 Å². The van der Waals surface area contributed by atoms with Gasteiger partial charge in [0.05, 0.1) is 45.2 Å². The number of aliphatic hydroxyl groups is 1. The van der Waals surface area contributed by atoms with Crippen molar-refractivity contribution in [2.45, 2.75) is 45.2 Å². The maximum absolute atomic E-state index is 13.6. The first-order chi connectivity index (χ1) is 27.4. The number of nitro groups is 1. The van der Waals surface area contributed by atoms with E-state index in [1.807, 2.05) is 72.5 Å². The Morgan fingerprint density at radius 3 is 2.12 bits per heavy atom. The van der Waals surface area contributed by atoms with E-state index in [-0.39, 0.29) is 65.0 Å². The molecular weight excluding hydrogens is 756 g/mol. The van der Waals surface area contributed by atoms with Crippen molar-refractivity contribution < 1.29 is 43.4 Å². The van der Waals surface area contributed by atoms with Crippen molar-refractivity contribution in [3.63, 3.8) is 0 Å². The number of β-lactam (4-membered cyclic amide) rings is 1. The molecule has 3 heterocycles. The first-order valence-electron chi connectivity index (χ1n) is 18.4. The molecule has 3 aliphatic rings.